The second-order valence-corrected chi connectivity index (χ2v) is 4.85. The van der Waals surface area contributed by atoms with Gasteiger partial charge in [0.25, 0.3) is 0 Å². The molecule has 17 heavy (non-hydrogen) atoms. The molecule has 1 rings (SSSR count). The molecule has 2 nitrogen and oxygen atoms in total. The van der Waals surface area contributed by atoms with Crippen LogP contribution in [-0.4, -0.2) is 11.9 Å². The van der Waals surface area contributed by atoms with Gasteiger partial charge in [0.1, 0.15) is 0 Å². The molecular weight excluding hydrogens is 210 g/mol. The molecule has 0 saturated carbocycles. The Balaban J connectivity index is 2.53. The Labute approximate surface area is 104 Å². The first-order valence-electron chi connectivity index (χ1n) is 6.38. The normalized spacial score (nSPS) is 12.2. The number of aryl methyl sites for hydroxylation is 2. The standard InChI is InChI=1S/C15H23NO/c1-5-6-13(4)16-15(17)10-14-8-7-11(2)12(3)9-14/h7-9,13H,5-6,10H2,1-4H3,(H,16,17)/t13-/m1/s1. The van der Waals surface area contributed by atoms with Crippen molar-refractivity contribution in [2.24, 2.45) is 0 Å². The number of nitrogens with one attached hydrogen (secondary N) is 1. The van der Waals surface area contributed by atoms with Gasteiger partial charge >= 0.3 is 0 Å². The maximum absolute atomic E-state index is 11.8. The molecule has 0 unspecified atom stereocenters. The average Bonchev–Trinajstić information content (AvgIpc) is 2.23. The quantitative estimate of drug-likeness (QED) is 0.831. The molecule has 0 saturated heterocycles. The first-order valence-corrected chi connectivity index (χ1v) is 6.38. The van der Waals surface area contributed by atoms with E-state index in [0.29, 0.717) is 6.42 Å². The van der Waals surface area contributed by atoms with Crippen LogP contribution in [0.15, 0.2) is 18.2 Å². The summed E-state index contributed by atoms with van der Waals surface area (Å²) in [5.41, 5.74) is 3.61. The van der Waals surface area contributed by atoms with Crippen LogP contribution >= 0.6 is 0 Å². The highest BCUT2D eigenvalue weighted by molar-refractivity contribution is 5.78. The predicted molar refractivity (Wildman–Crippen MR) is 72.1 cm³/mol. The van der Waals surface area contributed by atoms with Gasteiger partial charge < -0.3 is 5.32 Å². The van der Waals surface area contributed by atoms with E-state index in [2.05, 4.69) is 45.1 Å². The van der Waals surface area contributed by atoms with E-state index in [9.17, 15) is 4.79 Å². The van der Waals surface area contributed by atoms with Gasteiger partial charge in [-0.1, -0.05) is 31.5 Å². The fourth-order valence-corrected chi connectivity index (χ4v) is 1.93. The lowest BCUT2D eigenvalue weighted by atomic mass is 10.0. The minimum atomic E-state index is 0.120. The Morgan fingerprint density at radius 1 is 1.29 bits per heavy atom. The molecule has 0 aliphatic carbocycles. The Hall–Kier alpha value is -1.31. The number of carbonyl (C=O) groups excluding carboxylic acids is 1. The molecule has 0 aliphatic heterocycles. The highest BCUT2D eigenvalue weighted by Gasteiger charge is 2.07. The summed E-state index contributed by atoms with van der Waals surface area (Å²) < 4.78 is 0. The van der Waals surface area contributed by atoms with Gasteiger partial charge in [0.2, 0.25) is 5.91 Å². The molecule has 0 bridgehead atoms. The minimum absolute atomic E-state index is 0.120. The summed E-state index contributed by atoms with van der Waals surface area (Å²) in [4.78, 5) is 11.8. The van der Waals surface area contributed by atoms with Crippen molar-refractivity contribution >= 4 is 5.91 Å². The van der Waals surface area contributed by atoms with Gasteiger partial charge in [0.05, 0.1) is 6.42 Å². The van der Waals surface area contributed by atoms with Crippen LogP contribution in [0.25, 0.3) is 0 Å². The van der Waals surface area contributed by atoms with E-state index in [0.717, 1.165) is 18.4 Å². The van der Waals surface area contributed by atoms with Gasteiger partial charge in [0.15, 0.2) is 0 Å². The van der Waals surface area contributed by atoms with Gasteiger partial charge in [-0.25, -0.2) is 0 Å². The van der Waals surface area contributed by atoms with Crippen LogP contribution in [0.4, 0.5) is 0 Å². The van der Waals surface area contributed by atoms with E-state index in [-0.39, 0.29) is 11.9 Å². The molecule has 1 aromatic rings. The van der Waals surface area contributed by atoms with Gasteiger partial charge in [-0.15, -0.1) is 0 Å². The van der Waals surface area contributed by atoms with Crippen molar-refractivity contribution in [3.8, 4) is 0 Å². The first-order chi connectivity index (χ1) is 8.02. The molecule has 1 N–H and O–H groups in total. The van der Waals surface area contributed by atoms with Crippen molar-refractivity contribution in [3.05, 3.63) is 34.9 Å². The molecular formula is C15H23NO. The van der Waals surface area contributed by atoms with Crippen LogP contribution in [0.5, 0.6) is 0 Å². The number of hydrogen-bond donors (Lipinski definition) is 1. The maximum Gasteiger partial charge on any atom is 0.224 e. The fraction of sp³-hybridized carbons (Fsp3) is 0.533. The molecule has 0 radical (unpaired) electrons. The molecule has 0 heterocycles. The summed E-state index contributed by atoms with van der Waals surface area (Å²) in [6.45, 7) is 8.35. The van der Waals surface area contributed by atoms with Gasteiger partial charge in [-0.3, -0.25) is 4.79 Å². The van der Waals surface area contributed by atoms with E-state index < -0.39 is 0 Å². The number of hydrogen-bond acceptors (Lipinski definition) is 1. The fourth-order valence-electron chi connectivity index (χ4n) is 1.93. The molecule has 0 spiro atoms. The van der Waals surface area contributed by atoms with E-state index in [1.807, 2.05) is 6.07 Å². The molecule has 0 aromatic heterocycles. The molecule has 0 aliphatic rings. The second-order valence-electron chi connectivity index (χ2n) is 4.85. The average molecular weight is 233 g/mol. The lowest BCUT2D eigenvalue weighted by molar-refractivity contribution is -0.121. The Bertz CT molecular complexity index is 385. The predicted octanol–water partition coefficient (Wildman–Crippen LogP) is 3.15. The highest BCUT2D eigenvalue weighted by atomic mass is 16.1. The van der Waals surface area contributed by atoms with Crippen molar-refractivity contribution in [3.63, 3.8) is 0 Å². The zero-order valence-electron chi connectivity index (χ0n) is 11.3. The molecule has 2 heteroatoms. The summed E-state index contributed by atoms with van der Waals surface area (Å²) >= 11 is 0. The second kappa shape index (κ2) is 6.43. The third-order valence-electron chi connectivity index (χ3n) is 3.07. The lowest BCUT2D eigenvalue weighted by Gasteiger charge is -2.13. The summed E-state index contributed by atoms with van der Waals surface area (Å²) in [5, 5.41) is 3.02. The largest absolute Gasteiger partial charge is 0.353 e. The van der Waals surface area contributed by atoms with Crippen molar-refractivity contribution in [1.29, 1.82) is 0 Å². The minimum Gasteiger partial charge on any atom is -0.353 e. The van der Waals surface area contributed by atoms with Gasteiger partial charge in [0, 0.05) is 6.04 Å². The van der Waals surface area contributed by atoms with E-state index in [4.69, 9.17) is 0 Å². The van der Waals surface area contributed by atoms with Crippen molar-refractivity contribution in [2.45, 2.75) is 53.0 Å². The first kappa shape index (κ1) is 13.8. The summed E-state index contributed by atoms with van der Waals surface area (Å²) in [7, 11) is 0. The van der Waals surface area contributed by atoms with E-state index >= 15 is 0 Å². The number of benzene rings is 1. The lowest BCUT2D eigenvalue weighted by Crippen LogP contribution is -2.33. The molecule has 1 aromatic carbocycles. The van der Waals surface area contributed by atoms with Crippen LogP contribution in [0.1, 0.15) is 43.4 Å². The third-order valence-corrected chi connectivity index (χ3v) is 3.07. The monoisotopic (exact) mass is 233 g/mol. The van der Waals surface area contributed by atoms with Crippen LogP contribution in [0.2, 0.25) is 0 Å². The Morgan fingerprint density at radius 3 is 2.59 bits per heavy atom. The summed E-state index contributed by atoms with van der Waals surface area (Å²) in [6.07, 6.45) is 2.62. The van der Waals surface area contributed by atoms with Crippen LogP contribution in [0.3, 0.4) is 0 Å². The Kier molecular flexibility index (Phi) is 5.20. The zero-order valence-corrected chi connectivity index (χ0v) is 11.3. The van der Waals surface area contributed by atoms with Crippen LogP contribution < -0.4 is 5.32 Å². The maximum atomic E-state index is 11.8. The Morgan fingerprint density at radius 2 is 2.00 bits per heavy atom. The van der Waals surface area contributed by atoms with Crippen molar-refractivity contribution < 1.29 is 4.79 Å². The van der Waals surface area contributed by atoms with E-state index in [1.165, 1.54) is 11.1 Å². The smallest absolute Gasteiger partial charge is 0.224 e. The molecule has 1 atom stereocenters. The molecule has 94 valence electrons. The zero-order chi connectivity index (χ0) is 12.8. The molecule has 1 amide bonds. The van der Waals surface area contributed by atoms with Crippen LogP contribution in [-0.2, 0) is 11.2 Å². The van der Waals surface area contributed by atoms with Crippen LogP contribution in [0, 0.1) is 13.8 Å². The van der Waals surface area contributed by atoms with E-state index in [1.54, 1.807) is 0 Å². The van der Waals surface area contributed by atoms with Crippen molar-refractivity contribution in [2.75, 3.05) is 0 Å². The topological polar surface area (TPSA) is 29.1 Å². The van der Waals surface area contributed by atoms with Gasteiger partial charge in [-0.05, 0) is 43.9 Å². The number of rotatable bonds is 5. The SMILES string of the molecule is CCC[C@@H](C)NC(=O)Cc1ccc(C)c(C)c1. The summed E-state index contributed by atoms with van der Waals surface area (Å²) in [6, 6.07) is 6.48. The number of amides is 1. The van der Waals surface area contributed by atoms with Gasteiger partial charge in [-0.2, -0.15) is 0 Å². The van der Waals surface area contributed by atoms with Crippen molar-refractivity contribution in [1.82, 2.24) is 5.32 Å². The summed E-state index contributed by atoms with van der Waals surface area (Å²) in [5.74, 6) is 0.120. The molecule has 0 fully saturated rings. The highest BCUT2D eigenvalue weighted by Crippen LogP contribution is 2.10. The third kappa shape index (κ3) is 4.59. The number of carbonyl (C=O) groups is 1.